The Labute approximate surface area is 130 Å². The highest BCUT2D eigenvalue weighted by Gasteiger charge is 2.43. The van der Waals surface area contributed by atoms with Crippen LogP contribution >= 0.6 is 0 Å². The molecule has 0 bridgehead atoms. The van der Waals surface area contributed by atoms with Gasteiger partial charge in [0.2, 0.25) is 0 Å². The van der Waals surface area contributed by atoms with Crippen LogP contribution in [0.15, 0.2) is 12.4 Å². The molecule has 1 atom stereocenters. The topological polar surface area (TPSA) is 67.2 Å². The van der Waals surface area contributed by atoms with E-state index in [1.807, 2.05) is 0 Å². The lowest BCUT2D eigenvalue weighted by atomic mass is 9.74. The zero-order valence-electron chi connectivity index (χ0n) is 13.4. The van der Waals surface area contributed by atoms with Crippen molar-refractivity contribution in [1.29, 1.82) is 0 Å². The molecule has 1 heterocycles. The van der Waals surface area contributed by atoms with Crippen LogP contribution in [0, 0.1) is 11.3 Å². The zero-order valence-corrected chi connectivity index (χ0v) is 13.4. The first-order valence-electron chi connectivity index (χ1n) is 8.02. The lowest BCUT2D eigenvalue weighted by Gasteiger charge is -2.39. The van der Waals surface area contributed by atoms with Crippen LogP contribution in [0.25, 0.3) is 0 Å². The number of amides is 1. The van der Waals surface area contributed by atoms with E-state index >= 15 is 0 Å². The predicted molar refractivity (Wildman–Crippen MR) is 82.3 cm³/mol. The summed E-state index contributed by atoms with van der Waals surface area (Å²) in [5.74, 6) is 0.0265. The van der Waals surface area contributed by atoms with Gasteiger partial charge in [-0.3, -0.25) is 9.48 Å². The quantitative estimate of drug-likeness (QED) is 0.811. The van der Waals surface area contributed by atoms with Gasteiger partial charge in [-0.2, -0.15) is 5.10 Å². The van der Waals surface area contributed by atoms with E-state index in [9.17, 15) is 14.3 Å². The largest absolute Gasteiger partial charge is 0.396 e. The Kier molecular flexibility index (Phi) is 5.56. The van der Waals surface area contributed by atoms with Crippen molar-refractivity contribution in [2.24, 2.45) is 11.3 Å². The number of rotatable bonds is 7. The number of carbonyl (C=O) groups excluding carboxylic acids is 1. The smallest absolute Gasteiger partial charge is 0.254 e. The van der Waals surface area contributed by atoms with Crippen LogP contribution in [0.3, 0.4) is 0 Å². The van der Waals surface area contributed by atoms with Gasteiger partial charge in [0.1, 0.15) is 6.67 Å². The summed E-state index contributed by atoms with van der Waals surface area (Å²) in [6, 6.07) is -0.0722. The molecule has 2 N–H and O–H groups in total. The van der Waals surface area contributed by atoms with Gasteiger partial charge >= 0.3 is 0 Å². The van der Waals surface area contributed by atoms with E-state index in [0.29, 0.717) is 5.56 Å². The first kappa shape index (κ1) is 16.9. The van der Waals surface area contributed by atoms with Crippen molar-refractivity contribution in [1.82, 2.24) is 15.1 Å². The fourth-order valence-corrected chi connectivity index (χ4v) is 3.59. The standard InChI is InChI=1S/C16H26FN3O2/c1-12(2)14(16(11-21)5-3-4-6-16)19-15(22)13-9-18-20(10-13)8-7-17/h9-10,12,14,21H,3-8,11H2,1-2H3,(H,19,22)/t14-/m0/s1. The summed E-state index contributed by atoms with van der Waals surface area (Å²) < 4.78 is 13.7. The number of aromatic nitrogens is 2. The highest BCUT2D eigenvalue weighted by molar-refractivity contribution is 5.93. The second-order valence-electron chi connectivity index (χ2n) is 6.60. The van der Waals surface area contributed by atoms with Crippen molar-refractivity contribution < 1.29 is 14.3 Å². The Morgan fingerprint density at radius 2 is 2.18 bits per heavy atom. The summed E-state index contributed by atoms with van der Waals surface area (Å²) in [7, 11) is 0. The Bertz CT molecular complexity index is 495. The minimum atomic E-state index is -0.509. The number of carbonyl (C=O) groups is 1. The second kappa shape index (κ2) is 7.22. The molecule has 1 aliphatic carbocycles. The second-order valence-corrected chi connectivity index (χ2v) is 6.60. The summed E-state index contributed by atoms with van der Waals surface area (Å²) in [6.45, 7) is 3.87. The van der Waals surface area contributed by atoms with Crippen LogP contribution in [0.4, 0.5) is 4.39 Å². The van der Waals surface area contributed by atoms with E-state index < -0.39 is 6.67 Å². The fourth-order valence-electron chi connectivity index (χ4n) is 3.59. The van der Waals surface area contributed by atoms with Crippen molar-refractivity contribution in [2.75, 3.05) is 13.3 Å². The van der Waals surface area contributed by atoms with Crippen LogP contribution in [0.5, 0.6) is 0 Å². The van der Waals surface area contributed by atoms with Crippen molar-refractivity contribution in [3.8, 4) is 0 Å². The molecule has 1 saturated carbocycles. The maximum absolute atomic E-state index is 12.5. The molecule has 22 heavy (non-hydrogen) atoms. The molecule has 0 aliphatic heterocycles. The molecule has 0 saturated heterocycles. The lowest BCUT2D eigenvalue weighted by Crippen LogP contribution is -2.51. The van der Waals surface area contributed by atoms with Crippen molar-refractivity contribution in [3.05, 3.63) is 18.0 Å². The number of nitrogens with zero attached hydrogens (tertiary/aromatic N) is 2. The van der Waals surface area contributed by atoms with Crippen molar-refractivity contribution >= 4 is 5.91 Å². The molecule has 5 nitrogen and oxygen atoms in total. The SMILES string of the molecule is CC(C)[C@H](NC(=O)c1cnn(CCF)c1)C1(CO)CCCC1. The minimum Gasteiger partial charge on any atom is -0.396 e. The van der Waals surface area contributed by atoms with Crippen LogP contribution in [-0.4, -0.2) is 40.1 Å². The van der Waals surface area contributed by atoms with Crippen molar-refractivity contribution in [2.45, 2.75) is 52.1 Å². The molecule has 0 aromatic carbocycles. The lowest BCUT2D eigenvalue weighted by molar-refractivity contribution is 0.0568. The Morgan fingerprint density at radius 1 is 1.50 bits per heavy atom. The van der Waals surface area contributed by atoms with Gasteiger partial charge in [0.15, 0.2) is 0 Å². The van der Waals surface area contributed by atoms with Gasteiger partial charge in [0.05, 0.1) is 24.9 Å². The van der Waals surface area contributed by atoms with Gasteiger partial charge in [0.25, 0.3) is 5.91 Å². The molecule has 0 radical (unpaired) electrons. The summed E-state index contributed by atoms with van der Waals surface area (Å²) in [5, 5.41) is 16.9. The summed E-state index contributed by atoms with van der Waals surface area (Å²) in [5.41, 5.74) is 0.212. The number of aliphatic hydroxyl groups excluding tert-OH is 1. The Hall–Kier alpha value is -1.43. The Morgan fingerprint density at radius 3 is 2.73 bits per heavy atom. The monoisotopic (exact) mass is 311 g/mol. The van der Waals surface area contributed by atoms with Crippen LogP contribution < -0.4 is 5.32 Å². The third-order valence-electron chi connectivity index (χ3n) is 4.74. The molecule has 1 fully saturated rings. The fraction of sp³-hybridized carbons (Fsp3) is 0.750. The van der Waals surface area contributed by atoms with E-state index in [2.05, 4.69) is 24.3 Å². The number of halogens is 1. The van der Waals surface area contributed by atoms with E-state index in [1.54, 1.807) is 6.20 Å². The predicted octanol–water partition coefficient (Wildman–Crippen LogP) is 2.16. The van der Waals surface area contributed by atoms with E-state index in [1.165, 1.54) is 10.9 Å². The maximum atomic E-state index is 12.5. The number of nitrogens with one attached hydrogen (secondary N) is 1. The minimum absolute atomic E-state index is 0.0722. The average molecular weight is 311 g/mol. The molecule has 1 aromatic heterocycles. The molecule has 2 rings (SSSR count). The van der Waals surface area contributed by atoms with Gasteiger partial charge in [-0.15, -0.1) is 0 Å². The average Bonchev–Trinajstić information content (AvgIpc) is 3.14. The number of hydrogen-bond donors (Lipinski definition) is 2. The summed E-state index contributed by atoms with van der Waals surface area (Å²) in [4.78, 5) is 12.5. The van der Waals surface area contributed by atoms with Gasteiger partial charge < -0.3 is 10.4 Å². The first-order chi connectivity index (χ1) is 10.5. The summed E-state index contributed by atoms with van der Waals surface area (Å²) in [6.07, 6.45) is 7.08. The maximum Gasteiger partial charge on any atom is 0.254 e. The van der Waals surface area contributed by atoms with Crippen LogP contribution in [0.1, 0.15) is 49.9 Å². The van der Waals surface area contributed by atoms with Gasteiger partial charge in [-0.1, -0.05) is 26.7 Å². The molecule has 1 aliphatic rings. The molecular formula is C16H26FN3O2. The molecule has 1 amide bonds. The van der Waals surface area contributed by atoms with Gasteiger partial charge in [0, 0.05) is 17.7 Å². The molecule has 0 spiro atoms. The number of alkyl halides is 1. The highest BCUT2D eigenvalue weighted by Crippen LogP contribution is 2.43. The molecule has 0 unspecified atom stereocenters. The van der Waals surface area contributed by atoms with Crippen molar-refractivity contribution in [3.63, 3.8) is 0 Å². The number of aliphatic hydroxyl groups is 1. The molecule has 1 aromatic rings. The van der Waals surface area contributed by atoms with E-state index in [4.69, 9.17) is 0 Å². The third kappa shape index (κ3) is 3.48. The van der Waals surface area contributed by atoms with Gasteiger partial charge in [-0.05, 0) is 18.8 Å². The van der Waals surface area contributed by atoms with E-state index in [-0.39, 0.29) is 36.4 Å². The number of hydrogen-bond acceptors (Lipinski definition) is 3. The third-order valence-corrected chi connectivity index (χ3v) is 4.74. The first-order valence-corrected chi connectivity index (χ1v) is 8.02. The highest BCUT2D eigenvalue weighted by atomic mass is 19.1. The van der Waals surface area contributed by atoms with E-state index in [0.717, 1.165) is 25.7 Å². The molecular weight excluding hydrogens is 285 g/mol. The Balaban J connectivity index is 2.11. The zero-order chi connectivity index (χ0) is 16.2. The van der Waals surface area contributed by atoms with Crippen LogP contribution in [0.2, 0.25) is 0 Å². The summed E-state index contributed by atoms with van der Waals surface area (Å²) >= 11 is 0. The normalized spacial score (nSPS) is 18.6. The van der Waals surface area contributed by atoms with Gasteiger partial charge in [-0.25, -0.2) is 4.39 Å². The molecule has 6 heteroatoms. The molecule has 124 valence electrons. The van der Waals surface area contributed by atoms with Crippen LogP contribution in [-0.2, 0) is 6.54 Å². The number of aryl methyl sites for hydroxylation is 1.